The largest absolute Gasteiger partial charge is 0.497 e. The quantitative estimate of drug-likeness (QED) is 0.290. The van der Waals surface area contributed by atoms with Gasteiger partial charge in [-0.1, -0.05) is 35.3 Å². The van der Waals surface area contributed by atoms with Crippen LogP contribution in [-0.4, -0.2) is 20.1 Å². The van der Waals surface area contributed by atoms with E-state index in [9.17, 15) is 4.79 Å². The smallest absolute Gasteiger partial charge is 0.248 e. The molecule has 0 fully saturated rings. The number of allylic oxidation sites excluding steroid dienone is 1. The third-order valence-corrected chi connectivity index (χ3v) is 5.79. The maximum absolute atomic E-state index is 12.7. The fourth-order valence-electron chi connectivity index (χ4n) is 3.58. The summed E-state index contributed by atoms with van der Waals surface area (Å²) in [7, 11) is 3.21. The summed E-state index contributed by atoms with van der Waals surface area (Å²) in [5.41, 5.74) is 4.52. The van der Waals surface area contributed by atoms with Gasteiger partial charge in [-0.25, -0.2) is 0 Å². The minimum Gasteiger partial charge on any atom is -0.497 e. The normalized spacial score (nSPS) is 11.5. The zero-order valence-corrected chi connectivity index (χ0v) is 19.8. The first kappa shape index (κ1) is 22.8. The standard InChI is InChI=1S/C26H21Cl2NO4/c1-15(9-26(30)29-23-8-7-17(27)11-22(23)28)19-12-20-21(14-33-25(20)13-24(19)32-3)16-5-4-6-18(10-16)31-2/h4-14H,1-3H3,(H,29,30)/b15-9+. The van der Waals surface area contributed by atoms with E-state index in [1.54, 1.807) is 38.7 Å². The van der Waals surface area contributed by atoms with E-state index in [2.05, 4.69) is 5.32 Å². The van der Waals surface area contributed by atoms with Gasteiger partial charge in [-0.15, -0.1) is 0 Å². The van der Waals surface area contributed by atoms with Crippen LogP contribution >= 0.6 is 23.2 Å². The minimum atomic E-state index is -0.320. The number of furan rings is 1. The second-order valence-corrected chi connectivity index (χ2v) is 8.21. The molecule has 0 saturated heterocycles. The van der Waals surface area contributed by atoms with Crippen molar-refractivity contribution in [2.45, 2.75) is 6.92 Å². The summed E-state index contributed by atoms with van der Waals surface area (Å²) in [6.07, 6.45) is 3.21. The van der Waals surface area contributed by atoms with E-state index >= 15 is 0 Å². The zero-order valence-electron chi connectivity index (χ0n) is 18.2. The Bertz CT molecular complexity index is 1370. The Morgan fingerprint density at radius 1 is 1.03 bits per heavy atom. The van der Waals surface area contributed by atoms with Gasteiger partial charge >= 0.3 is 0 Å². The number of carbonyl (C=O) groups excluding carboxylic acids is 1. The first-order chi connectivity index (χ1) is 15.9. The molecule has 0 spiro atoms. The highest BCUT2D eigenvalue weighted by atomic mass is 35.5. The zero-order chi connectivity index (χ0) is 23.5. The molecule has 4 rings (SSSR count). The van der Waals surface area contributed by atoms with Crippen molar-refractivity contribution in [3.8, 4) is 22.6 Å². The number of hydrogen-bond donors (Lipinski definition) is 1. The van der Waals surface area contributed by atoms with E-state index in [4.69, 9.17) is 37.1 Å². The third kappa shape index (κ3) is 4.85. The van der Waals surface area contributed by atoms with Crippen molar-refractivity contribution in [1.82, 2.24) is 0 Å². The number of hydrogen-bond acceptors (Lipinski definition) is 4. The fourth-order valence-corrected chi connectivity index (χ4v) is 4.04. The topological polar surface area (TPSA) is 60.7 Å². The molecule has 0 saturated carbocycles. The minimum absolute atomic E-state index is 0.320. The predicted octanol–water partition coefficient (Wildman–Crippen LogP) is 7.47. The number of anilines is 1. The van der Waals surface area contributed by atoms with Crippen LogP contribution in [0.2, 0.25) is 10.0 Å². The second kappa shape index (κ2) is 9.61. The molecule has 0 atom stereocenters. The summed E-state index contributed by atoms with van der Waals surface area (Å²) in [5.74, 6) is 1.03. The van der Waals surface area contributed by atoms with Crippen molar-refractivity contribution in [2.75, 3.05) is 19.5 Å². The van der Waals surface area contributed by atoms with Crippen molar-refractivity contribution in [2.24, 2.45) is 0 Å². The number of fused-ring (bicyclic) bond motifs is 1. The molecule has 0 aliphatic rings. The van der Waals surface area contributed by atoms with E-state index in [1.807, 2.05) is 43.3 Å². The molecule has 1 heterocycles. The average molecular weight is 482 g/mol. The Morgan fingerprint density at radius 3 is 2.58 bits per heavy atom. The Hall–Kier alpha value is -3.41. The van der Waals surface area contributed by atoms with Crippen LogP contribution in [0.15, 0.2) is 71.4 Å². The first-order valence-corrected chi connectivity index (χ1v) is 10.8. The molecule has 0 bridgehead atoms. The maximum Gasteiger partial charge on any atom is 0.248 e. The Kier molecular flexibility index (Phi) is 6.63. The van der Waals surface area contributed by atoms with Crippen LogP contribution in [0, 0.1) is 0 Å². The number of benzene rings is 3. The predicted molar refractivity (Wildman–Crippen MR) is 133 cm³/mol. The van der Waals surface area contributed by atoms with E-state index in [1.165, 1.54) is 6.08 Å². The average Bonchev–Trinajstić information content (AvgIpc) is 3.23. The van der Waals surface area contributed by atoms with Crippen molar-refractivity contribution >= 4 is 51.3 Å². The van der Waals surface area contributed by atoms with Crippen molar-refractivity contribution in [1.29, 1.82) is 0 Å². The lowest BCUT2D eigenvalue weighted by molar-refractivity contribution is -0.111. The van der Waals surface area contributed by atoms with E-state index in [0.717, 1.165) is 27.8 Å². The highest BCUT2D eigenvalue weighted by molar-refractivity contribution is 6.36. The van der Waals surface area contributed by atoms with Crippen LogP contribution in [0.1, 0.15) is 12.5 Å². The van der Waals surface area contributed by atoms with Gasteiger partial charge in [0.2, 0.25) is 5.91 Å². The SMILES string of the molecule is COc1cccc(-c2coc3cc(OC)c(/C(C)=C/C(=O)Nc4ccc(Cl)cc4Cl)cc23)c1. The molecule has 0 unspecified atom stereocenters. The third-order valence-electron chi connectivity index (χ3n) is 5.24. The number of nitrogens with one attached hydrogen (secondary N) is 1. The number of carbonyl (C=O) groups is 1. The summed E-state index contributed by atoms with van der Waals surface area (Å²) in [5, 5.41) is 4.53. The number of methoxy groups -OCH3 is 2. The summed E-state index contributed by atoms with van der Waals surface area (Å²) in [6.45, 7) is 1.85. The highest BCUT2D eigenvalue weighted by Gasteiger charge is 2.15. The molecule has 7 heteroatoms. The summed E-state index contributed by atoms with van der Waals surface area (Å²) >= 11 is 12.1. The maximum atomic E-state index is 12.7. The van der Waals surface area contributed by atoms with Gasteiger partial charge in [0.25, 0.3) is 0 Å². The van der Waals surface area contributed by atoms with Gasteiger partial charge < -0.3 is 19.2 Å². The van der Waals surface area contributed by atoms with Crippen LogP contribution in [-0.2, 0) is 4.79 Å². The molecule has 33 heavy (non-hydrogen) atoms. The lowest BCUT2D eigenvalue weighted by atomic mass is 9.99. The summed E-state index contributed by atoms with van der Waals surface area (Å²) in [6, 6.07) is 16.4. The molecule has 168 valence electrons. The lowest BCUT2D eigenvalue weighted by Gasteiger charge is -2.11. The molecule has 1 N–H and O–H groups in total. The number of ether oxygens (including phenoxy) is 2. The molecule has 0 radical (unpaired) electrons. The van der Waals surface area contributed by atoms with E-state index in [0.29, 0.717) is 32.6 Å². The Morgan fingerprint density at radius 2 is 1.85 bits per heavy atom. The molecule has 1 aromatic heterocycles. The Balaban J connectivity index is 1.71. The van der Waals surface area contributed by atoms with Gasteiger partial charge in [-0.3, -0.25) is 4.79 Å². The van der Waals surface area contributed by atoms with Crippen LogP contribution in [0.3, 0.4) is 0 Å². The van der Waals surface area contributed by atoms with Gasteiger partial charge in [0.1, 0.15) is 17.1 Å². The van der Waals surface area contributed by atoms with Crippen LogP contribution in [0.25, 0.3) is 27.7 Å². The van der Waals surface area contributed by atoms with Crippen molar-refractivity contribution in [3.63, 3.8) is 0 Å². The number of halogens is 2. The van der Waals surface area contributed by atoms with Crippen LogP contribution in [0.5, 0.6) is 11.5 Å². The van der Waals surface area contributed by atoms with Crippen molar-refractivity contribution in [3.05, 3.63) is 82.5 Å². The molecule has 4 aromatic rings. The monoisotopic (exact) mass is 481 g/mol. The number of rotatable bonds is 6. The van der Waals surface area contributed by atoms with Gasteiger partial charge in [0.15, 0.2) is 0 Å². The van der Waals surface area contributed by atoms with Crippen LogP contribution < -0.4 is 14.8 Å². The molecule has 3 aromatic carbocycles. The van der Waals surface area contributed by atoms with Crippen LogP contribution in [0.4, 0.5) is 5.69 Å². The molecule has 1 amide bonds. The molecule has 0 aliphatic heterocycles. The summed E-state index contributed by atoms with van der Waals surface area (Å²) < 4.78 is 16.7. The Labute approximate surface area is 201 Å². The second-order valence-electron chi connectivity index (χ2n) is 7.37. The molecule has 5 nitrogen and oxygen atoms in total. The van der Waals surface area contributed by atoms with E-state index in [-0.39, 0.29) is 5.91 Å². The first-order valence-electron chi connectivity index (χ1n) is 10.1. The highest BCUT2D eigenvalue weighted by Crippen LogP contribution is 2.38. The summed E-state index contributed by atoms with van der Waals surface area (Å²) in [4.78, 5) is 12.7. The lowest BCUT2D eigenvalue weighted by Crippen LogP contribution is -2.09. The van der Waals surface area contributed by atoms with Gasteiger partial charge in [0.05, 0.1) is 31.2 Å². The van der Waals surface area contributed by atoms with Gasteiger partial charge in [0, 0.05) is 33.7 Å². The molecular formula is C26H21Cl2NO4. The fraction of sp³-hybridized carbons (Fsp3) is 0.115. The number of amides is 1. The molecular weight excluding hydrogens is 461 g/mol. The molecule has 0 aliphatic carbocycles. The van der Waals surface area contributed by atoms with Gasteiger partial charge in [-0.05, 0) is 54.5 Å². The van der Waals surface area contributed by atoms with Gasteiger partial charge in [-0.2, -0.15) is 0 Å². The van der Waals surface area contributed by atoms with Crippen molar-refractivity contribution < 1.29 is 18.7 Å². The van der Waals surface area contributed by atoms with E-state index < -0.39 is 0 Å².